The molecule has 1 atom stereocenters. The topological polar surface area (TPSA) is 49.4 Å². The van der Waals surface area contributed by atoms with Crippen LogP contribution in [0.25, 0.3) is 0 Å². The third-order valence-corrected chi connectivity index (χ3v) is 5.24. The van der Waals surface area contributed by atoms with Crippen molar-refractivity contribution in [3.63, 3.8) is 0 Å². The quantitative estimate of drug-likeness (QED) is 0.848. The predicted octanol–water partition coefficient (Wildman–Crippen LogP) is 2.29. The van der Waals surface area contributed by atoms with Crippen LogP contribution in [0.15, 0.2) is 30.3 Å². The summed E-state index contributed by atoms with van der Waals surface area (Å²) in [6, 6.07) is 9.04. The summed E-state index contributed by atoms with van der Waals surface area (Å²) in [5, 5.41) is 0. The van der Waals surface area contributed by atoms with Gasteiger partial charge in [0, 0.05) is 19.0 Å². The van der Waals surface area contributed by atoms with Crippen molar-refractivity contribution in [2.45, 2.75) is 25.3 Å². The monoisotopic (exact) mass is 302 g/mol. The maximum atomic E-state index is 12.3. The number of hydrogen-bond donors (Lipinski definition) is 1. The molecule has 0 bridgehead atoms. The van der Waals surface area contributed by atoms with Crippen molar-refractivity contribution in [3.8, 4) is 0 Å². The Kier molecular flexibility index (Phi) is 5.21. The Labute approximate surface area is 119 Å². The number of nitrogens with one attached hydrogen (secondary N) is 1. The highest BCUT2D eigenvalue weighted by Crippen LogP contribution is 2.18. The molecule has 1 fully saturated rings. The van der Waals surface area contributed by atoms with Gasteiger partial charge in [-0.3, -0.25) is 0 Å². The molecule has 1 aliphatic rings. The summed E-state index contributed by atoms with van der Waals surface area (Å²) in [7, 11) is -3.44. The lowest BCUT2D eigenvalue weighted by atomic mass is 10.1. The molecule has 0 aliphatic carbocycles. The van der Waals surface area contributed by atoms with Crippen molar-refractivity contribution in [2.24, 2.45) is 0 Å². The van der Waals surface area contributed by atoms with Gasteiger partial charge in [0.25, 0.3) is 10.2 Å². The molecule has 1 aliphatic heterocycles. The van der Waals surface area contributed by atoms with E-state index in [1.165, 1.54) is 4.31 Å². The largest absolute Gasteiger partial charge is 0.280 e. The van der Waals surface area contributed by atoms with Crippen molar-refractivity contribution >= 4 is 21.8 Å². The van der Waals surface area contributed by atoms with Crippen LogP contribution in [0.2, 0.25) is 0 Å². The highest BCUT2D eigenvalue weighted by Gasteiger charge is 2.26. The Morgan fingerprint density at radius 3 is 2.37 bits per heavy atom. The summed E-state index contributed by atoms with van der Waals surface area (Å²) in [5.74, 6) is 0.219. The van der Waals surface area contributed by atoms with Crippen LogP contribution in [0.5, 0.6) is 0 Å². The van der Waals surface area contributed by atoms with Gasteiger partial charge in [0.15, 0.2) is 0 Å². The Bertz CT molecular complexity index is 487. The van der Waals surface area contributed by atoms with Gasteiger partial charge in [-0.2, -0.15) is 17.4 Å². The molecule has 1 saturated heterocycles. The van der Waals surface area contributed by atoms with Crippen LogP contribution >= 0.6 is 11.6 Å². The predicted molar refractivity (Wildman–Crippen MR) is 77.4 cm³/mol. The molecule has 0 spiro atoms. The maximum Gasteiger partial charge on any atom is 0.280 e. The van der Waals surface area contributed by atoms with Crippen LogP contribution < -0.4 is 4.72 Å². The van der Waals surface area contributed by atoms with Crippen LogP contribution in [0.4, 0.5) is 0 Å². The Hall–Kier alpha value is -0.620. The Balaban J connectivity index is 2.09. The summed E-state index contributed by atoms with van der Waals surface area (Å²) in [4.78, 5) is 0. The highest BCUT2D eigenvalue weighted by molar-refractivity contribution is 7.87. The molecule has 0 aromatic heterocycles. The van der Waals surface area contributed by atoms with Gasteiger partial charge in [0.05, 0.1) is 6.04 Å². The van der Waals surface area contributed by atoms with Gasteiger partial charge in [-0.25, -0.2) is 0 Å². The molecular formula is C13H19ClN2O2S. The first-order valence-electron chi connectivity index (χ1n) is 6.52. The highest BCUT2D eigenvalue weighted by atomic mass is 35.5. The van der Waals surface area contributed by atoms with E-state index < -0.39 is 10.2 Å². The summed E-state index contributed by atoms with van der Waals surface area (Å²) >= 11 is 5.90. The lowest BCUT2D eigenvalue weighted by Gasteiger charge is -2.28. The van der Waals surface area contributed by atoms with Crippen molar-refractivity contribution in [3.05, 3.63) is 35.9 Å². The van der Waals surface area contributed by atoms with Crippen molar-refractivity contribution in [1.29, 1.82) is 0 Å². The second kappa shape index (κ2) is 6.70. The zero-order valence-corrected chi connectivity index (χ0v) is 12.3. The number of alkyl halides is 1. The minimum atomic E-state index is -3.44. The average molecular weight is 303 g/mol. The van der Waals surface area contributed by atoms with E-state index in [-0.39, 0.29) is 11.9 Å². The van der Waals surface area contributed by atoms with E-state index in [0.717, 1.165) is 24.8 Å². The van der Waals surface area contributed by atoms with E-state index in [9.17, 15) is 8.42 Å². The van der Waals surface area contributed by atoms with E-state index >= 15 is 0 Å². The van der Waals surface area contributed by atoms with E-state index in [2.05, 4.69) is 4.72 Å². The molecule has 19 heavy (non-hydrogen) atoms. The lowest BCUT2D eigenvalue weighted by molar-refractivity contribution is 0.339. The fraction of sp³-hybridized carbons (Fsp3) is 0.538. The number of piperidine rings is 1. The zero-order chi connectivity index (χ0) is 13.7. The van der Waals surface area contributed by atoms with Gasteiger partial charge >= 0.3 is 0 Å². The first kappa shape index (κ1) is 14.8. The van der Waals surface area contributed by atoms with Crippen LogP contribution in [0.3, 0.4) is 0 Å². The summed E-state index contributed by atoms with van der Waals surface area (Å²) < 4.78 is 28.8. The molecule has 0 saturated carbocycles. The molecule has 1 N–H and O–H groups in total. The summed E-state index contributed by atoms with van der Waals surface area (Å²) in [5.41, 5.74) is 0.887. The summed E-state index contributed by atoms with van der Waals surface area (Å²) in [6.45, 7) is 1.19. The van der Waals surface area contributed by atoms with Crippen LogP contribution in [0.1, 0.15) is 30.9 Å². The first-order valence-corrected chi connectivity index (χ1v) is 8.49. The molecule has 2 rings (SSSR count). The molecule has 1 heterocycles. The fourth-order valence-corrected chi connectivity index (χ4v) is 4.05. The van der Waals surface area contributed by atoms with Gasteiger partial charge in [0.1, 0.15) is 0 Å². The van der Waals surface area contributed by atoms with Gasteiger partial charge in [-0.15, -0.1) is 11.6 Å². The second-order valence-electron chi connectivity index (χ2n) is 4.70. The minimum Gasteiger partial charge on any atom is -0.195 e. The smallest absolute Gasteiger partial charge is 0.195 e. The standard InChI is InChI=1S/C13H19ClN2O2S/c14-11-13(12-7-3-1-4-8-12)15-19(17,18)16-9-5-2-6-10-16/h1,3-4,7-8,13,15H,2,5-6,9-11H2. The average Bonchev–Trinajstić information content (AvgIpc) is 2.47. The van der Waals surface area contributed by atoms with Gasteiger partial charge < -0.3 is 0 Å². The van der Waals surface area contributed by atoms with Crippen molar-refractivity contribution in [2.75, 3.05) is 19.0 Å². The van der Waals surface area contributed by atoms with E-state index in [1.54, 1.807) is 0 Å². The zero-order valence-electron chi connectivity index (χ0n) is 10.8. The first-order chi connectivity index (χ1) is 9.13. The van der Waals surface area contributed by atoms with Crippen molar-refractivity contribution < 1.29 is 8.42 Å². The molecule has 0 amide bonds. The normalized spacial score (nSPS) is 19.2. The fourth-order valence-electron chi connectivity index (χ4n) is 2.23. The molecule has 1 aromatic carbocycles. The Morgan fingerprint density at radius 1 is 1.16 bits per heavy atom. The number of hydrogen-bond acceptors (Lipinski definition) is 2. The molecule has 106 valence electrons. The van der Waals surface area contributed by atoms with Gasteiger partial charge in [0.2, 0.25) is 0 Å². The lowest BCUT2D eigenvalue weighted by Crippen LogP contribution is -2.45. The third-order valence-electron chi connectivity index (χ3n) is 3.30. The molecule has 6 heteroatoms. The summed E-state index contributed by atoms with van der Waals surface area (Å²) in [6.07, 6.45) is 2.96. The van der Waals surface area contributed by atoms with Crippen molar-refractivity contribution in [1.82, 2.24) is 9.03 Å². The van der Waals surface area contributed by atoms with Crippen LogP contribution in [-0.2, 0) is 10.2 Å². The molecular weight excluding hydrogens is 284 g/mol. The van der Waals surface area contributed by atoms with Crippen LogP contribution in [0, 0.1) is 0 Å². The molecule has 1 aromatic rings. The maximum absolute atomic E-state index is 12.3. The number of halogens is 1. The minimum absolute atomic E-state index is 0.219. The van der Waals surface area contributed by atoms with Gasteiger partial charge in [-0.1, -0.05) is 36.8 Å². The number of benzene rings is 1. The third kappa shape index (κ3) is 3.92. The molecule has 1 unspecified atom stereocenters. The Morgan fingerprint density at radius 2 is 1.79 bits per heavy atom. The number of rotatable bonds is 5. The molecule has 4 nitrogen and oxygen atoms in total. The van der Waals surface area contributed by atoms with E-state index in [1.807, 2.05) is 30.3 Å². The van der Waals surface area contributed by atoms with E-state index in [4.69, 9.17) is 11.6 Å². The van der Waals surface area contributed by atoms with Gasteiger partial charge in [-0.05, 0) is 18.4 Å². The SMILES string of the molecule is O=S(=O)(NC(CCl)c1ccccc1)N1CCCCC1. The number of nitrogens with zero attached hydrogens (tertiary/aromatic N) is 1. The van der Waals surface area contributed by atoms with E-state index in [0.29, 0.717) is 13.1 Å². The molecule has 0 radical (unpaired) electrons. The second-order valence-corrected chi connectivity index (χ2v) is 6.71. The van der Waals surface area contributed by atoms with Crippen LogP contribution in [-0.4, -0.2) is 31.7 Å².